The lowest BCUT2D eigenvalue weighted by Crippen LogP contribution is -2.51. The summed E-state index contributed by atoms with van der Waals surface area (Å²) in [5, 5.41) is 18.6. The SMILES string of the molecule is CC(C)(C)C1CC(c2cc(-c3ccc(NC(=O)Nc4cc(C(F)(F)F)ccn4)c(F)c3)c3c(N)ncnn23)CCN1C(=O)O. The number of pyridine rings is 1. The van der Waals surface area contributed by atoms with Crippen molar-refractivity contribution in [2.75, 3.05) is 22.9 Å². The number of likely N-dealkylation sites (tertiary alicyclic amines) is 1. The fourth-order valence-electron chi connectivity index (χ4n) is 5.62. The molecule has 5 N–H and O–H groups in total. The third kappa shape index (κ3) is 6.07. The smallest absolute Gasteiger partial charge is 0.416 e. The first-order valence-corrected chi connectivity index (χ1v) is 13.7. The van der Waals surface area contributed by atoms with Crippen LogP contribution in [0.3, 0.4) is 0 Å². The van der Waals surface area contributed by atoms with Crippen LogP contribution in [0, 0.1) is 11.2 Å². The maximum Gasteiger partial charge on any atom is 0.416 e. The zero-order valence-electron chi connectivity index (χ0n) is 24.0. The predicted octanol–water partition coefficient (Wildman–Crippen LogP) is 6.45. The van der Waals surface area contributed by atoms with E-state index in [1.807, 2.05) is 26.8 Å². The second kappa shape index (κ2) is 11.3. The molecule has 0 radical (unpaired) electrons. The molecule has 0 spiro atoms. The minimum absolute atomic E-state index is 0.0793. The number of hydrogen-bond donors (Lipinski definition) is 4. The van der Waals surface area contributed by atoms with E-state index in [1.165, 1.54) is 23.4 Å². The summed E-state index contributed by atoms with van der Waals surface area (Å²) in [6, 6.07) is 6.08. The maximum absolute atomic E-state index is 15.3. The molecule has 2 atom stereocenters. The maximum atomic E-state index is 15.3. The Kier molecular flexibility index (Phi) is 7.82. The van der Waals surface area contributed by atoms with Gasteiger partial charge in [0.15, 0.2) is 5.82 Å². The summed E-state index contributed by atoms with van der Waals surface area (Å²) in [5.41, 5.74) is 6.88. The molecule has 4 aromatic rings. The normalized spacial score (nSPS) is 17.5. The molecule has 1 fully saturated rings. The van der Waals surface area contributed by atoms with Gasteiger partial charge in [-0.05, 0) is 54.2 Å². The average Bonchev–Trinajstić information content (AvgIpc) is 3.34. The van der Waals surface area contributed by atoms with Gasteiger partial charge in [-0.3, -0.25) is 5.32 Å². The van der Waals surface area contributed by atoms with E-state index in [1.54, 1.807) is 10.6 Å². The number of anilines is 3. The van der Waals surface area contributed by atoms with Gasteiger partial charge < -0.3 is 21.1 Å². The number of nitrogens with two attached hydrogens (primary N) is 1. The summed E-state index contributed by atoms with van der Waals surface area (Å²) < 4.78 is 55.9. The largest absolute Gasteiger partial charge is 0.465 e. The van der Waals surface area contributed by atoms with E-state index in [9.17, 15) is 27.9 Å². The Morgan fingerprint density at radius 1 is 1.07 bits per heavy atom. The summed E-state index contributed by atoms with van der Waals surface area (Å²) in [6.45, 7) is 6.31. The van der Waals surface area contributed by atoms with Gasteiger partial charge >= 0.3 is 18.3 Å². The highest BCUT2D eigenvalue weighted by atomic mass is 19.4. The zero-order chi connectivity index (χ0) is 32.0. The van der Waals surface area contributed by atoms with Crippen LogP contribution >= 0.6 is 0 Å². The number of alkyl halides is 3. The number of carboxylic acid groups (broad SMARTS) is 1. The Balaban J connectivity index is 1.42. The van der Waals surface area contributed by atoms with Crippen molar-refractivity contribution in [3.05, 3.63) is 66.0 Å². The van der Waals surface area contributed by atoms with E-state index in [-0.39, 0.29) is 34.7 Å². The number of piperidine rings is 1. The van der Waals surface area contributed by atoms with Crippen molar-refractivity contribution in [1.82, 2.24) is 24.5 Å². The number of nitrogens with zero attached hydrogens (tertiary/aromatic N) is 5. The number of halogens is 4. The number of nitrogens with one attached hydrogen (secondary N) is 2. The monoisotopic (exact) mass is 614 g/mol. The Morgan fingerprint density at radius 3 is 2.48 bits per heavy atom. The molecule has 5 rings (SSSR count). The lowest BCUT2D eigenvalue weighted by molar-refractivity contribution is -0.137. The van der Waals surface area contributed by atoms with E-state index in [2.05, 4.69) is 25.7 Å². The average molecular weight is 615 g/mol. The van der Waals surface area contributed by atoms with Gasteiger partial charge in [-0.15, -0.1) is 0 Å². The predicted molar refractivity (Wildman–Crippen MR) is 155 cm³/mol. The van der Waals surface area contributed by atoms with E-state index >= 15 is 4.39 Å². The van der Waals surface area contributed by atoms with Crippen LogP contribution in [0.5, 0.6) is 0 Å². The number of hydrogen-bond acceptors (Lipinski definition) is 6. The van der Waals surface area contributed by atoms with Crippen molar-refractivity contribution in [3.63, 3.8) is 0 Å². The number of nitrogen functional groups attached to an aromatic ring is 1. The molecule has 44 heavy (non-hydrogen) atoms. The highest BCUT2D eigenvalue weighted by molar-refractivity contribution is 5.99. The van der Waals surface area contributed by atoms with Gasteiger partial charge in [-0.25, -0.2) is 28.5 Å². The van der Waals surface area contributed by atoms with E-state index < -0.39 is 29.7 Å². The Hall–Kier alpha value is -4.95. The van der Waals surface area contributed by atoms with Crippen molar-refractivity contribution in [2.45, 2.75) is 51.7 Å². The molecule has 4 heterocycles. The summed E-state index contributed by atoms with van der Waals surface area (Å²) in [5.74, 6) is -1.09. The second-order valence-electron chi connectivity index (χ2n) is 11.7. The van der Waals surface area contributed by atoms with Crippen LogP contribution in [0.15, 0.2) is 48.9 Å². The van der Waals surface area contributed by atoms with Crippen molar-refractivity contribution >= 4 is 35.0 Å². The molecule has 2 unspecified atom stereocenters. The Labute approximate surface area is 249 Å². The number of benzene rings is 1. The van der Waals surface area contributed by atoms with Crippen molar-refractivity contribution < 1.29 is 32.3 Å². The molecule has 0 aliphatic carbocycles. The summed E-state index contributed by atoms with van der Waals surface area (Å²) in [7, 11) is 0. The number of rotatable bonds is 4. The molecular formula is C29H30F4N8O3. The summed E-state index contributed by atoms with van der Waals surface area (Å²) >= 11 is 0. The van der Waals surface area contributed by atoms with Crippen LogP contribution in [-0.2, 0) is 6.18 Å². The molecule has 11 nitrogen and oxygen atoms in total. The van der Waals surface area contributed by atoms with Gasteiger partial charge in [0.05, 0.1) is 11.3 Å². The number of amides is 3. The Morgan fingerprint density at radius 2 is 1.82 bits per heavy atom. The van der Waals surface area contributed by atoms with Crippen LogP contribution in [0.25, 0.3) is 16.6 Å². The molecule has 1 aromatic carbocycles. The van der Waals surface area contributed by atoms with Gasteiger partial charge in [0, 0.05) is 36.0 Å². The number of carbonyl (C=O) groups is 2. The topological polar surface area (TPSA) is 151 Å². The van der Waals surface area contributed by atoms with E-state index in [0.717, 1.165) is 18.0 Å². The number of aromatic nitrogens is 4. The molecule has 1 aliphatic rings. The van der Waals surface area contributed by atoms with Gasteiger partial charge in [-0.1, -0.05) is 26.8 Å². The fourth-order valence-corrected chi connectivity index (χ4v) is 5.62. The van der Waals surface area contributed by atoms with Crippen LogP contribution in [0.4, 0.5) is 44.5 Å². The second-order valence-corrected chi connectivity index (χ2v) is 11.7. The van der Waals surface area contributed by atoms with Crippen molar-refractivity contribution in [3.8, 4) is 11.1 Å². The molecule has 1 aliphatic heterocycles. The van der Waals surface area contributed by atoms with Crippen LogP contribution < -0.4 is 16.4 Å². The first-order valence-electron chi connectivity index (χ1n) is 13.7. The molecule has 3 amide bonds. The molecule has 232 valence electrons. The molecule has 0 saturated carbocycles. The van der Waals surface area contributed by atoms with Crippen molar-refractivity contribution in [2.24, 2.45) is 5.41 Å². The molecule has 0 bridgehead atoms. The minimum Gasteiger partial charge on any atom is -0.465 e. The van der Waals surface area contributed by atoms with Crippen LogP contribution in [-0.4, -0.2) is 54.3 Å². The van der Waals surface area contributed by atoms with Gasteiger partial charge in [0.25, 0.3) is 0 Å². The van der Waals surface area contributed by atoms with Gasteiger partial charge in [-0.2, -0.15) is 18.3 Å². The third-order valence-electron chi connectivity index (χ3n) is 7.73. The van der Waals surface area contributed by atoms with Crippen LogP contribution in [0.1, 0.15) is 50.8 Å². The standard InChI is InChI=1S/C29H30F4N8O3/c1-28(2,3)22-11-16(7-9-40(22)27(43)44)21-13-18(24-25(34)36-14-37-41(21)24)15-4-5-20(19(30)10-15)38-26(42)39-23-12-17(6-8-35-23)29(31,32)33/h4-6,8,10,12-14,16,22H,7,9,11H2,1-3H3,(H,43,44)(H2,34,36,37)(H2,35,38,39,42). The highest BCUT2D eigenvalue weighted by Gasteiger charge is 2.40. The van der Waals surface area contributed by atoms with Gasteiger partial charge in [0.1, 0.15) is 23.5 Å². The summed E-state index contributed by atoms with van der Waals surface area (Å²) in [6.07, 6.45) is -2.30. The lowest BCUT2D eigenvalue weighted by Gasteiger charge is -2.44. The zero-order valence-corrected chi connectivity index (χ0v) is 24.0. The fraction of sp³-hybridized carbons (Fsp3) is 0.345. The number of fused-ring (bicyclic) bond motifs is 1. The van der Waals surface area contributed by atoms with E-state index in [0.29, 0.717) is 42.1 Å². The van der Waals surface area contributed by atoms with Gasteiger partial charge in [0.2, 0.25) is 0 Å². The molecule has 3 aromatic heterocycles. The highest BCUT2D eigenvalue weighted by Crippen LogP contribution is 2.42. The summed E-state index contributed by atoms with van der Waals surface area (Å²) in [4.78, 5) is 33.6. The molecule has 1 saturated heterocycles. The molecular weight excluding hydrogens is 584 g/mol. The number of urea groups is 1. The third-order valence-corrected chi connectivity index (χ3v) is 7.73. The quantitative estimate of drug-likeness (QED) is 0.193. The minimum atomic E-state index is -4.63. The van der Waals surface area contributed by atoms with Crippen molar-refractivity contribution in [1.29, 1.82) is 0 Å². The lowest BCUT2D eigenvalue weighted by atomic mass is 9.76. The first kappa shape index (κ1) is 30.5. The van der Waals surface area contributed by atoms with Crippen LogP contribution in [0.2, 0.25) is 0 Å². The molecule has 15 heteroatoms. The number of carbonyl (C=O) groups excluding carboxylic acids is 1. The van der Waals surface area contributed by atoms with E-state index in [4.69, 9.17) is 5.73 Å². The first-order chi connectivity index (χ1) is 20.6. The Bertz CT molecular complexity index is 1730.